The van der Waals surface area contributed by atoms with Crippen molar-refractivity contribution in [2.45, 2.75) is 71.8 Å². The molecule has 0 spiro atoms. The topological polar surface area (TPSA) is 55.2 Å². The minimum Gasteiger partial charge on any atom is -0.382 e. The van der Waals surface area contributed by atoms with Gasteiger partial charge in [-0.2, -0.15) is 0 Å². The van der Waals surface area contributed by atoms with E-state index in [9.17, 15) is 10.1 Å². The predicted molar refractivity (Wildman–Crippen MR) is 88.9 cm³/mol. The summed E-state index contributed by atoms with van der Waals surface area (Å²) in [5.74, 6) is 0. The first kappa shape index (κ1) is 17.5. The molecule has 1 N–H and O–H groups in total. The zero-order valence-corrected chi connectivity index (χ0v) is 13.5. The number of aryl methyl sites for hydroxylation is 1. The number of anilines is 1. The summed E-state index contributed by atoms with van der Waals surface area (Å²) < 4.78 is 0. The van der Waals surface area contributed by atoms with Gasteiger partial charge < -0.3 is 5.32 Å². The minimum atomic E-state index is -0.292. The van der Waals surface area contributed by atoms with Crippen molar-refractivity contribution >= 4 is 11.4 Å². The quantitative estimate of drug-likeness (QED) is 0.361. The van der Waals surface area contributed by atoms with Crippen LogP contribution in [0.4, 0.5) is 11.4 Å². The summed E-state index contributed by atoms with van der Waals surface area (Å²) in [6.07, 6.45) is 8.16. The molecule has 0 saturated heterocycles. The van der Waals surface area contributed by atoms with Crippen molar-refractivity contribution in [3.05, 3.63) is 33.9 Å². The lowest BCUT2D eigenvalue weighted by Gasteiger charge is -2.15. The number of hydrogen-bond acceptors (Lipinski definition) is 3. The van der Waals surface area contributed by atoms with E-state index < -0.39 is 0 Å². The third-order valence-corrected chi connectivity index (χ3v) is 3.82. The molecule has 0 aliphatic carbocycles. The van der Waals surface area contributed by atoms with E-state index in [1.807, 2.05) is 19.1 Å². The highest BCUT2D eigenvalue weighted by molar-refractivity contribution is 5.55. The number of nitro benzene ring substituents is 1. The van der Waals surface area contributed by atoms with Crippen LogP contribution < -0.4 is 5.32 Å². The average molecular weight is 292 g/mol. The van der Waals surface area contributed by atoms with Gasteiger partial charge in [0.05, 0.1) is 4.92 Å². The molecular formula is C17H28N2O2. The summed E-state index contributed by atoms with van der Waals surface area (Å²) in [6.45, 7) is 6.30. The van der Waals surface area contributed by atoms with Gasteiger partial charge in [-0.05, 0) is 25.8 Å². The lowest BCUT2D eigenvalue weighted by atomic mass is 10.1. The van der Waals surface area contributed by atoms with Crippen LogP contribution in [0.5, 0.6) is 0 Å². The monoisotopic (exact) mass is 292 g/mol. The molecule has 0 radical (unpaired) electrons. The lowest BCUT2D eigenvalue weighted by Crippen LogP contribution is -2.15. The van der Waals surface area contributed by atoms with Crippen LogP contribution in [-0.4, -0.2) is 11.0 Å². The van der Waals surface area contributed by atoms with E-state index in [2.05, 4.69) is 19.2 Å². The zero-order chi connectivity index (χ0) is 15.7. The molecule has 1 aromatic carbocycles. The van der Waals surface area contributed by atoms with Gasteiger partial charge in [0.15, 0.2) is 0 Å². The highest BCUT2D eigenvalue weighted by atomic mass is 16.6. The second kappa shape index (κ2) is 9.37. The Morgan fingerprint density at radius 1 is 1.19 bits per heavy atom. The fourth-order valence-corrected chi connectivity index (χ4v) is 2.53. The van der Waals surface area contributed by atoms with Crippen LogP contribution in [0.1, 0.15) is 64.9 Å². The molecule has 118 valence electrons. The van der Waals surface area contributed by atoms with Crippen LogP contribution in [0.25, 0.3) is 0 Å². The SMILES string of the molecule is CCCCCCCC(C)Nc1ccc(CC)c([N+](=O)[O-])c1. The van der Waals surface area contributed by atoms with E-state index in [-0.39, 0.29) is 10.6 Å². The molecule has 1 rings (SSSR count). The van der Waals surface area contributed by atoms with Gasteiger partial charge in [-0.15, -0.1) is 0 Å². The molecule has 1 atom stereocenters. The van der Waals surface area contributed by atoms with Crippen molar-refractivity contribution in [3.8, 4) is 0 Å². The Morgan fingerprint density at radius 2 is 1.90 bits per heavy atom. The van der Waals surface area contributed by atoms with E-state index in [0.29, 0.717) is 12.5 Å². The third-order valence-electron chi connectivity index (χ3n) is 3.82. The highest BCUT2D eigenvalue weighted by Gasteiger charge is 2.13. The summed E-state index contributed by atoms with van der Waals surface area (Å²) >= 11 is 0. The van der Waals surface area contributed by atoms with Crippen molar-refractivity contribution in [1.82, 2.24) is 0 Å². The lowest BCUT2D eigenvalue weighted by molar-refractivity contribution is -0.385. The number of nitrogens with zero attached hydrogens (tertiary/aromatic N) is 1. The Balaban J connectivity index is 2.50. The standard InChI is InChI=1S/C17H28N2O2/c1-4-6-7-8-9-10-14(3)18-16-12-11-15(5-2)17(13-16)19(20)21/h11-14,18H,4-10H2,1-3H3. The first-order valence-corrected chi connectivity index (χ1v) is 8.12. The van der Waals surface area contributed by atoms with Gasteiger partial charge in [0.1, 0.15) is 0 Å². The largest absolute Gasteiger partial charge is 0.382 e. The van der Waals surface area contributed by atoms with E-state index in [1.165, 1.54) is 32.1 Å². The Labute approximate surface area is 128 Å². The van der Waals surface area contributed by atoms with Crippen LogP contribution in [0.2, 0.25) is 0 Å². The summed E-state index contributed by atoms with van der Waals surface area (Å²) in [5, 5.41) is 14.4. The number of benzene rings is 1. The zero-order valence-electron chi connectivity index (χ0n) is 13.5. The van der Waals surface area contributed by atoms with Gasteiger partial charge in [0.25, 0.3) is 5.69 Å². The maximum absolute atomic E-state index is 11.1. The molecule has 0 saturated carbocycles. The molecule has 0 aliphatic heterocycles. The van der Waals surface area contributed by atoms with Gasteiger partial charge in [0, 0.05) is 23.4 Å². The van der Waals surface area contributed by atoms with Gasteiger partial charge >= 0.3 is 0 Å². The van der Waals surface area contributed by atoms with Crippen LogP contribution in [-0.2, 0) is 6.42 Å². The van der Waals surface area contributed by atoms with Crippen molar-refractivity contribution < 1.29 is 4.92 Å². The molecule has 0 bridgehead atoms. The van der Waals surface area contributed by atoms with E-state index in [0.717, 1.165) is 17.7 Å². The molecule has 0 aromatic heterocycles. The number of hydrogen-bond donors (Lipinski definition) is 1. The predicted octanol–water partition coefficient (Wildman–Crippen LogP) is 5.32. The van der Waals surface area contributed by atoms with Crippen molar-refractivity contribution in [1.29, 1.82) is 0 Å². The number of unbranched alkanes of at least 4 members (excludes halogenated alkanes) is 4. The molecule has 0 fully saturated rings. The molecule has 1 unspecified atom stereocenters. The van der Waals surface area contributed by atoms with E-state index >= 15 is 0 Å². The fourth-order valence-electron chi connectivity index (χ4n) is 2.53. The average Bonchev–Trinajstić information content (AvgIpc) is 2.47. The smallest absolute Gasteiger partial charge is 0.274 e. The molecule has 21 heavy (non-hydrogen) atoms. The van der Waals surface area contributed by atoms with Gasteiger partial charge in [-0.3, -0.25) is 10.1 Å². The van der Waals surface area contributed by atoms with Crippen molar-refractivity contribution in [2.24, 2.45) is 0 Å². The number of nitrogens with one attached hydrogen (secondary N) is 1. The van der Waals surface area contributed by atoms with Gasteiger partial charge in [-0.25, -0.2) is 0 Å². The third kappa shape index (κ3) is 6.15. The first-order chi connectivity index (χ1) is 10.1. The molecule has 0 heterocycles. The first-order valence-electron chi connectivity index (χ1n) is 8.12. The summed E-state index contributed by atoms with van der Waals surface area (Å²) in [6, 6.07) is 5.80. The number of rotatable bonds is 10. The Morgan fingerprint density at radius 3 is 2.52 bits per heavy atom. The van der Waals surface area contributed by atoms with Crippen LogP contribution in [0.3, 0.4) is 0 Å². The summed E-state index contributed by atoms with van der Waals surface area (Å²) in [5.41, 5.74) is 1.86. The normalized spacial score (nSPS) is 12.1. The van der Waals surface area contributed by atoms with Crippen molar-refractivity contribution in [3.63, 3.8) is 0 Å². The number of nitro groups is 1. The van der Waals surface area contributed by atoms with Gasteiger partial charge in [0.2, 0.25) is 0 Å². The maximum atomic E-state index is 11.1. The molecule has 1 aromatic rings. The molecule has 0 amide bonds. The van der Waals surface area contributed by atoms with Gasteiger partial charge in [-0.1, -0.05) is 52.0 Å². The van der Waals surface area contributed by atoms with Crippen LogP contribution in [0, 0.1) is 10.1 Å². The maximum Gasteiger partial charge on any atom is 0.274 e. The fraction of sp³-hybridized carbons (Fsp3) is 0.647. The summed E-state index contributed by atoms with van der Waals surface area (Å²) in [4.78, 5) is 10.8. The Hall–Kier alpha value is -1.58. The molecule has 4 heteroatoms. The summed E-state index contributed by atoms with van der Waals surface area (Å²) in [7, 11) is 0. The second-order valence-electron chi connectivity index (χ2n) is 5.70. The van der Waals surface area contributed by atoms with E-state index in [1.54, 1.807) is 6.07 Å². The molecule has 0 aliphatic rings. The van der Waals surface area contributed by atoms with Crippen LogP contribution in [0.15, 0.2) is 18.2 Å². The molecular weight excluding hydrogens is 264 g/mol. The Bertz CT molecular complexity index is 446. The highest BCUT2D eigenvalue weighted by Crippen LogP contribution is 2.24. The van der Waals surface area contributed by atoms with Crippen LogP contribution >= 0.6 is 0 Å². The molecule has 4 nitrogen and oxygen atoms in total. The Kier molecular flexibility index (Phi) is 7.80. The van der Waals surface area contributed by atoms with Crippen molar-refractivity contribution in [2.75, 3.05) is 5.32 Å². The second-order valence-corrected chi connectivity index (χ2v) is 5.70. The van der Waals surface area contributed by atoms with E-state index in [4.69, 9.17) is 0 Å². The minimum absolute atomic E-state index is 0.220.